The van der Waals surface area contributed by atoms with Crippen molar-refractivity contribution in [1.82, 2.24) is 9.29 Å². The fourth-order valence-electron chi connectivity index (χ4n) is 3.53. The van der Waals surface area contributed by atoms with Crippen molar-refractivity contribution in [2.24, 2.45) is 0 Å². The SMILES string of the molecule is Cc1ccc(-c2csc(NC(=O)Cc3ccc(S(=O)(=O)N4CCCC4)s3)n2)c(C)c1. The third-order valence-electron chi connectivity index (χ3n) is 5.04. The van der Waals surface area contributed by atoms with E-state index < -0.39 is 10.0 Å². The number of benzene rings is 1. The molecule has 1 amide bonds. The van der Waals surface area contributed by atoms with E-state index in [4.69, 9.17) is 0 Å². The number of hydrogen-bond donors (Lipinski definition) is 1. The Labute approximate surface area is 184 Å². The molecule has 0 saturated carbocycles. The molecule has 1 saturated heterocycles. The summed E-state index contributed by atoms with van der Waals surface area (Å²) in [5, 5.41) is 5.30. The van der Waals surface area contributed by atoms with E-state index in [1.807, 2.05) is 24.4 Å². The number of carbonyl (C=O) groups excluding carboxylic acids is 1. The lowest BCUT2D eigenvalue weighted by Gasteiger charge is -2.13. The van der Waals surface area contributed by atoms with E-state index in [-0.39, 0.29) is 12.3 Å². The Hall–Kier alpha value is -2.07. The molecule has 0 aliphatic carbocycles. The summed E-state index contributed by atoms with van der Waals surface area (Å²) in [4.78, 5) is 17.7. The molecule has 0 bridgehead atoms. The van der Waals surface area contributed by atoms with E-state index >= 15 is 0 Å². The third kappa shape index (κ3) is 4.49. The summed E-state index contributed by atoms with van der Waals surface area (Å²) in [5.74, 6) is -0.205. The van der Waals surface area contributed by atoms with Crippen LogP contribution in [0.1, 0.15) is 28.8 Å². The number of rotatable bonds is 6. The maximum absolute atomic E-state index is 12.6. The van der Waals surface area contributed by atoms with Crippen LogP contribution in [-0.2, 0) is 21.2 Å². The van der Waals surface area contributed by atoms with Crippen molar-refractivity contribution in [1.29, 1.82) is 0 Å². The van der Waals surface area contributed by atoms with Crippen molar-refractivity contribution in [2.45, 2.75) is 37.3 Å². The van der Waals surface area contributed by atoms with Gasteiger partial charge in [-0.05, 0) is 44.4 Å². The van der Waals surface area contributed by atoms with Crippen LogP contribution in [-0.4, -0.2) is 36.7 Å². The second-order valence-electron chi connectivity index (χ2n) is 7.41. The quantitative estimate of drug-likeness (QED) is 0.588. The minimum atomic E-state index is -3.44. The first-order valence-electron chi connectivity index (χ1n) is 9.75. The normalized spacial score (nSPS) is 14.9. The van der Waals surface area contributed by atoms with Crippen molar-refractivity contribution in [2.75, 3.05) is 18.4 Å². The number of thiophene rings is 1. The van der Waals surface area contributed by atoms with E-state index in [0.717, 1.165) is 45.9 Å². The largest absolute Gasteiger partial charge is 0.302 e. The Balaban J connectivity index is 1.41. The lowest BCUT2D eigenvalue weighted by Crippen LogP contribution is -2.27. The van der Waals surface area contributed by atoms with E-state index in [1.54, 1.807) is 12.1 Å². The Morgan fingerprint density at radius 1 is 1.17 bits per heavy atom. The van der Waals surface area contributed by atoms with Crippen LogP contribution >= 0.6 is 22.7 Å². The Bertz CT molecular complexity index is 1180. The fraction of sp³-hybridized carbons (Fsp3) is 0.333. The monoisotopic (exact) mass is 461 g/mol. The van der Waals surface area contributed by atoms with Gasteiger partial charge >= 0.3 is 0 Å². The second-order valence-corrected chi connectivity index (χ2v) is 11.6. The van der Waals surface area contributed by atoms with Crippen LogP contribution in [0.25, 0.3) is 11.3 Å². The molecule has 158 valence electrons. The number of carbonyl (C=O) groups is 1. The van der Waals surface area contributed by atoms with Crippen molar-refractivity contribution in [3.8, 4) is 11.3 Å². The molecular weight excluding hydrogens is 438 g/mol. The van der Waals surface area contributed by atoms with Crippen molar-refractivity contribution in [3.05, 3.63) is 51.7 Å². The van der Waals surface area contributed by atoms with Gasteiger partial charge in [-0.2, -0.15) is 4.31 Å². The van der Waals surface area contributed by atoms with Gasteiger partial charge in [-0.3, -0.25) is 4.79 Å². The van der Waals surface area contributed by atoms with Gasteiger partial charge in [-0.1, -0.05) is 23.8 Å². The molecule has 2 aromatic heterocycles. The molecular formula is C21H23N3O3S3. The summed E-state index contributed by atoms with van der Waals surface area (Å²) in [5.41, 5.74) is 4.22. The molecule has 3 heterocycles. The summed E-state index contributed by atoms with van der Waals surface area (Å²) in [6, 6.07) is 9.51. The number of aryl methyl sites for hydroxylation is 2. The predicted molar refractivity (Wildman–Crippen MR) is 122 cm³/mol. The number of thiazole rings is 1. The highest BCUT2D eigenvalue weighted by molar-refractivity contribution is 7.91. The lowest BCUT2D eigenvalue weighted by molar-refractivity contribution is -0.115. The summed E-state index contributed by atoms with van der Waals surface area (Å²) < 4.78 is 27.1. The van der Waals surface area contributed by atoms with E-state index in [0.29, 0.717) is 22.4 Å². The van der Waals surface area contributed by atoms with Crippen molar-refractivity contribution < 1.29 is 13.2 Å². The van der Waals surface area contributed by atoms with Crippen LogP contribution < -0.4 is 5.32 Å². The average Bonchev–Trinajstić information content (AvgIpc) is 3.43. The van der Waals surface area contributed by atoms with E-state index in [1.165, 1.54) is 21.2 Å². The van der Waals surface area contributed by atoms with Gasteiger partial charge in [0.05, 0.1) is 12.1 Å². The lowest BCUT2D eigenvalue weighted by atomic mass is 10.0. The summed E-state index contributed by atoms with van der Waals surface area (Å²) in [6.07, 6.45) is 1.92. The van der Waals surface area contributed by atoms with Crippen molar-refractivity contribution >= 4 is 43.7 Å². The van der Waals surface area contributed by atoms with Crippen LogP contribution in [0.15, 0.2) is 39.9 Å². The van der Waals surface area contributed by atoms with Crippen LogP contribution in [0.3, 0.4) is 0 Å². The second kappa shape index (κ2) is 8.58. The molecule has 1 aliphatic rings. The van der Waals surface area contributed by atoms with Crippen molar-refractivity contribution in [3.63, 3.8) is 0 Å². The number of amides is 1. The number of anilines is 1. The Morgan fingerprint density at radius 2 is 1.93 bits per heavy atom. The maximum atomic E-state index is 12.6. The first kappa shape index (κ1) is 21.2. The van der Waals surface area contributed by atoms with Crippen LogP contribution in [0.4, 0.5) is 5.13 Å². The zero-order valence-corrected chi connectivity index (χ0v) is 19.3. The van der Waals surface area contributed by atoms with Gasteiger partial charge in [0.1, 0.15) is 4.21 Å². The fourth-order valence-corrected chi connectivity index (χ4v) is 7.28. The zero-order valence-electron chi connectivity index (χ0n) is 16.8. The smallest absolute Gasteiger partial charge is 0.252 e. The van der Waals surface area contributed by atoms with E-state index in [9.17, 15) is 13.2 Å². The maximum Gasteiger partial charge on any atom is 0.252 e. The molecule has 3 aromatic rings. The molecule has 1 N–H and O–H groups in total. The first-order chi connectivity index (χ1) is 14.3. The van der Waals surface area contributed by atoms with Gasteiger partial charge in [0.15, 0.2) is 5.13 Å². The van der Waals surface area contributed by atoms with Gasteiger partial charge in [-0.15, -0.1) is 22.7 Å². The molecule has 0 atom stereocenters. The first-order valence-corrected chi connectivity index (χ1v) is 12.9. The molecule has 0 spiro atoms. The topological polar surface area (TPSA) is 79.4 Å². The number of nitrogens with one attached hydrogen (secondary N) is 1. The summed E-state index contributed by atoms with van der Waals surface area (Å²) >= 11 is 2.54. The standard InChI is InChI=1S/C21H23N3O3S3/c1-14-5-7-17(15(2)11-14)18-13-28-21(22-18)23-19(25)12-16-6-8-20(29-16)30(26,27)24-9-3-4-10-24/h5-8,11,13H,3-4,9-10,12H2,1-2H3,(H,22,23,25). The van der Waals surface area contributed by atoms with Crippen LogP contribution in [0.5, 0.6) is 0 Å². The number of aromatic nitrogens is 1. The average molecular weight is 462 g/mol. The highest BCUT2D eigenvalue weighted by Gasteiger charge is 2.28. The molecule has 6 nitrogen and oxygen atoms in total. The minimum absolute atomic E-state index is 0.124. The molecule has 1 aromatic carbocycles. The molecule has 4 rings (SSSR count). The van der Waals surface area contributed by atoms with Crippen LogP contribution in [0.2, 0.25) is 0 Å². The van der Waals surface area contributed by atoms with E-state index in [2.05, 4.69) is 23.3 Å². The number of sulfonamides is 1. The summed E-state index contributed by atoms with van der Waals surface area (Å²) in [6.45, 7) is 5.24. The zero-order chi connectivity index (χ0) is 21.3. The van der Waals surface area contributed by atoms with Gasteiger partial charge in [0.2, 0.25) is 5.91 Å². The van der Waals surface area contributed by atoms with Gasteiger partial charge < -0.3 is 5.32 Å². The molecule has 1 aliphatic heterocycles. The predicted octanol–water partition coefficient (Wildman–Crippen LogP) is 4.45. The van der Waals surface area contributed by atoms with Gasteiger partial charge in [0, 0.05) is 28.9 Å². The number of hydrogen-bond acceptors (Lipinski definition) is 6. The molecule has 1 fully saturated rings. The Kier molecular flexibility index (Phi) is 6.06. The third-order valence-corrected chi connectivity index (χ3v) is 9.25. The van der Waals surface area contributed by atoms with Crippen LogP contribution in [0, 0.1) is 13.8 Å². The highest BCUT2D eigenvalue weighted by atomic mass is 32.2. The van der Waals surface area contributed by atoms with Gasteiger partial charge in [-0.25, -0.2) is 13.4 Å². The molecule has 0 unspecified atom stereocenters. The highest BCUT2D eigenvalue weighted by Crippen LogP contribution is 2.29. The molecule has 30 heavy (non-hydrogen) atoms. The minimum Gasteiger partial charge on any atom is -0.302 e. The molecule has 9 heteroatoms. The summed E-state index contributed by atoms with van der Waals surface area (Å²) in [7, 11) is -3.44. The number of nitrogens with zero attached hydrogens (tertiary/aromatic N) is 2. The Morgan fingerprint density at radius 3 is 2.67 bits per heavy atom. The van der Waals surface area contributed by atoms with Gasteiger partial charge in [0.25, 0.3) is 10.0 Å². The molecule has 0 radical (unpaired) electrons.